The lowest BCUT2D eigenvalue weighted by Crippen LogP contribution is -2.07. The number of hydrogen-bond donors (Lipinski definition) is 2. The van der Waals surface area contributed by atoms with Gasteiger partial charge in [0.15, 0.2) is 0 Å². The number of nitrogens with zero attached hydrogens (tertiary/aromatic N) is 3. The standard InChI is InChI=1S/C14H19N5/c1-2-3-8-16-14-17-9-6-13(19-14)18-11-12-5-4-7-15-10-12/h4-7,9-10H,2-3,8,11H2,1H3,(H2,16,17,18,19). The topological polar surface area (TPSA) is 62.7 Å². The third-order valence-corrected chi connectivity index (χ3v) is 2.67. The van der Waals surface area contributed by atoms with E-state index in [-0.39, 0.29) is 0 Å². The third-order valence-electron chi connectivity index (χ3n) is 2.67. The van der Waals surface area contributed by atoms with Crippen molar-refractivity contribution in [1.82, 2.24) is 15.0 Å². The van der Waals surface area contributed by atoms with Crippen LogP contribution in [0.3, 0.4) is 0 Å². The number of pyridine rings is 1. The maximum atomic E-state index is 4.41. The van der Waals surface area contributed by atoms with Crippen molar-refractivity contribution in [1.29, 1.82) is 0 Å². The van der Waals surface area contributed by atoms with Crippen molar-refractivity contribution >= 4 is 11.8 Å². The SMILES string of the molecule is CCCCNc1nccc(NCc2cccnc2)n1. The minimum absolute atomic E-state index is 0.671. The van der Waals surface area contributed by atoms with Gasteiger partial charge in [-0.25, -0.2) is 4.98 Å². The Kier molecular flexibility index (Phi) is 5.10. The van der Waals surface area contributed by atoms with Crippen LogP contribution < -0.4 is 10.6 Å². The summed E-state index contributed by atoms with van der Waals surface area (Å²) in [6.07, 6.45) is 7.65. The molecule has 5 heteroatoms. The smallest absolute Gasteiger partial charge is 0.224 e. The van der Waals surface area contributed by atoms with Gasteiger partial charge in [-0.2, -0.15) is 4.98 Å². The van der Waals surface area contributed by atoms with E-state index in [1.807, 2.05) is 24.4 Å². The van der Waals surface area contributed by atoms with Gasteiger partial charge in [0, 0.05) is 31.7 Å². The molecule has 0 saturated carbocycles. The van der Waals surface area contributed by atoms with E-state index in [1.54, 1.807) is 12.4 Å². The molecule has 2 aromatic heterocycles. The Morgan fingerprint density at radius 2 is 2.11 bits per heavy atom. The lowest BCUT2D eigenvalue weighted by Gasteiger charge is -2.07. The molecule has 0 amide bonds. The molecule has 0 fully saturated rings. The number of rotatable bonds is 7. The van der Waals surface area contributed by atoms with Crippen molar-refractivity contribution in [3.8, 4) is 0 Å². The fraction of sp³-hybridized carbons (Fsp3) is 0.357. The molecule has 0 saturated heterocycles. The molecule has 19 heavy (non-hydrogen) atoms. The Hall–Kier alpha value is -2.17. The van der Waals surface area contributed by atoms with Gasteiger partial charge in [0.05, 0.1) is 0 Å². The fourth-order valence-electron chi connectivity index (χ4n) is 1.61. The van der Waals surface area contributed by atoms with Gasteiger partial charge >= 0.3 is 0 Å². The third kappa shape index (κ3) is 4.54. The average molecular weight is 257 g/mol. The molecule has 2 aromatic rings. The zero-order chi connectivity index (χ0) is 13.3. The van der Waals surface area contributed by atoms with Gasteiger partial charge in [-0.15, -0.1) is 0 Å². The van der Waals surface area contributed by atoms with Crippen molar-refractivity contribution in [2.75, 3.05) is 17.2 Å². The van der Waals surface area contributed by atoms with Crippen LogP contribution in [0.5, 0.6) is 0 Å². The molecule has 0 aliphatic rings. The second-order valence-corrected chi connectivity index (χ2v) is 4.26. The zero-order valence-corrected chi connectivity index (χ0v) is 11.1. The van der Waals surface area contributed by atoms with E-state index >= 15 is 0 Å². The number of hydrogen-bond acceptors (Lipinski definition) is 5. The molecule has 2 N–H and O–H groups in total. The number of anilines is 2. The van der Waals surface area contributed by atoms with Crippen LogP contribution in [0.15, 0.2) is 36.8 Å². The fourth-order valence-corrected chi connectivity index (χ4v) is 1.61. The Balaban J connectivity index is 1.88. The first-order valence-electron chi connectivity index (χ1n) is 6.58. The molecule has 0 atom stereocenters. The zero-order valence-electron chi connectivity index (χ0n) is 11.1. The van der Waals surface area contributed by atoms with Crippen molar-refractivity contribution in [2.24, 2.45) is 0 Å². The first-order valence-corrected chi connectivity index (χ1v) is 6.58. The van der Waals surface area contributed by atoms with Crippen LogP contribution in [0.4, 0.5) is 11.8 Å². The minimum atomic E-state index is 0.671. The normalized spacial score (nSPS) is 10.2. The monoisotopic (exact) mass is 257 g/mol. The molecule has 0 aliphatic carbocycles. The van der Waals surface area contributed by atoms with E-state index < -0.39 is 0 Å². The number of nitrogens with one attached hydrogen (secondary N) is 2. The summed E-state index contributed by atoms with van der Waals surface area (Å²) in [6, 6.07) is 5.82. The quantitative estimate of drug-likeness (QED) is 0.747. The van der Waals surface area contributed by atoms with Crippen LogP contribution >= 0.6 is 0 Å². The summed E-state index contributed by atoms with van der Waals surface area (Å²) in [5.74, 6) is 1.49. The van der Waals surface area contributed by atoms with Crippen LogP contribution in [0.1, 0.15) is 25.3 Å². The predicted molar refractivity (Wildman–Crippen MR) is 77.0 cm³/mol. The number of unbranched alkanes of at least 4 members (excludes halogenated alkanes) is 1. The van der Waals surface area contributed by atoms with Crippen molar-refractivity contribution < 1.29 is 0 Å². The Bertz CT molecular complexity index is 486. The lowest BCUT2D eigenvalue weighted by atomic mass is 10.3. The summed E-state index contributed by atoms with van der Waals surface area (Å²) in [4.78, 5) is 12.7. The van der Waals surface area contributed by atoms with Gasteiger partial charge in [0.2, 0.25) is 5.95 Å². The van der Waals surface area contributed by atoms with Crippen LogP contribution in [-0.2, 0) is 6.54 Å². The first kappa shape index (κ1) is 13.3. The minimum Gasteiger partial charge on any atom is -0.366 e. The maximum Gasteiger partial charge on any atom is 0.224 e. The molecule has 0 radical (unpaired) electrons. The van der Waals surface area contributed by atoms with Crippen LogP contribution in [-0.4, -0.2) is 21.5 Å². The van der Waals surface area contributed by atoms with Crippen LogP contribution in [0.2, 0.25) is 0 Å². The van der Waals surface area contributed by atoms with E-state index in [4.69, 9.17) is 0 Å². The average Bonchev–Trinajstić information content (AvgIpc) is 2.47. The molecule has 0 unspecified atom stereocenters. The van der Waals surface area contributed by atoms with Crippen molar-refractivity contribution in [3.05, 3.63) is 42.4 Å². The predicted octanol–water partition coefficient (Wildman–Crippen LogP) is 2.70. The van der Waals surface area contributed by atoms with E-state index in [2.05, 4.69) is 32.5 Å². The van der Waals surface area contributed by atoms with Crippen LogP contribution in [0, 0.1) is 0 Å². The summed E-state index contributed by atoms with van der Waals surface area (Å²) < 4.78 is 0. The highest BCUT2D eigenvalue weighted by molar-refractivity contribution is 5.40. The van der Waals surface area contributed by atoms with Gasteiger partial charge in [0.1, 0.15) is 5.82 Å². The van der Waals surface area contributed by atoms with E-state index in [0.717, 1.165) is 30.8 Å². The number of aromatic nitrogens is 3. The second kappa shape index (κ2) is 7.31. The van der Waals surface area contributed by atoms with Gasteiger partial charge in [-0.3, -0.25) is 4.98 Å². The summed E-state index contributed by atoms with van der Waals surface area (Å²) in [7, 11) is 0. The summed E-state index contributed by atoms with van der Waals surface area (Å²) in [5, 5.41) is 6.47. The van der Waals surface area contributed by atoms with Gasteiger partial charge < -0.3 is 10.6 Å². The molecule has 0 spiro atoms. The molecule has 0 aliphatic heterocycles. The molecule has 0 aromatic carbocycles. The maximum absolute atomic E-state index is 4.41. The molecule has 5 nitrogen and oxygen atoms in total. The second-order valence-electron chi connectivity index (χ2n) is 4.26. The Morgan fingerprint density at radius 1 is 1.16 bits per heavy atom. The highest BCUT2D eigenvalue weighted by Gasteiger charge is 1.98. The molecule has 0 bridgehead atoms. The molecule has 2 heterocycles. The first-order chi connectivity index (χ1) is 9.38. The van der Waals surface area contributed by atoms with E-state index in [9.17, 15) is 0 Å². The molecular formula is C14H19N5. The van der Waals surface area contributed by atoms with Gasteiger partial charge in [-0.05, 0) is 24.1 Å². The highest BCUT2D eigenvalue weighted by atomic mass is 15.1. The highest BCUT2D eigenvalue weighted by Crippen LogP contribution is 2.07. The lowest BCUT2D eigenvalue weighted by molar-refractivity contribution is 0.826. The Morgan fingerprint density at radius 3 is 2.89 bits per heavy atom. The Labute approximate surface area is 113 Å². The van der Waals surface area contributed by atoms with Gasteiger partial charge in [0.25, 0.3) is 0 Å². The van der Waals surface area contributed by atoms with E-state index in [0.29, 0.717) is 12.5 Å². The molecule has 2 rings (SSSR count). The van der Waals surface area contributed by atoms with Crippen LogP contribution in [0.25, 0.3) is 0 Å². The summed E-state index contributed by atoms with van der Waals surface area (Å²) in [6.45, 7) is 3.77. The molecular weight excluding hydrogens is 238 g/mol. The van der Waals surface area contributed by atoms with Crippen molar-refractivity contribution in [2.45, 2.75) is 26.3 Å². The molecule has 100 valence electrons. The summed E-state index contributed by atoms with van der Waals surface area (Å²) >= 11 is 0. The van der Waals surface area contributed by atoms with Gasteiger partial charge in [-0.1, -0.05) is 19.4 Å². The largest absolute Gasteiger partial charge is 0.366 e. The van der Waals surface area contributed by atoms with E-state index in [1.165, 1.54) is 0 Å². The summed E-state index contributed by atoms with van der Waals surface area (Å²) in [5.41, 5.74) is 1.13. The van der Waals surface area contributed by atoms with Crippen molar-refractivity contribution in [3.63, 3.8) is 0 Å².